The number of aryl methyl sites for hydroxylation is 2. The molecule has 11 nitrogen and oxygen atoms in total. The van der Waals surface area contributed by atoms with Crippen molar-refractivity contribution in [2.75, 3.05) is 5.32 Å². The fraction of sp³-hybridized carbons (Fsp3) is 0.360. The number of carbonyl (C=O) groups is 1. The summed E-state index contributed by atoms with van der Waals surface area (Å²) in [7, 11) is 1.75. The first-order valence-corrected chi connectivity index (χ1v) is 12.1. The molecule has 0 aliphatic heterocycles. The molecule has 5 rings (SSSR count). The highest BCUT2D eigenvalue weighted by atomic mass is 19.1. The van der Waals surface area contributed by atoms with Crippen molar-refractivity contribution >= 4 is 11.9 Å². The molecule has 1 aliphatic carbocycles. The van der Waals surface area contributed by atoms with E-state index in [2.05, 4.69) is 30.7 Å². The molecule has 1 fully saturated rings. The number of benzene rings is 1. The maximum absolute atomic E-state index is 13.6. The molecule has 38 heavy (non-hydrogen) atoms. The van der Waals surface area contributed by atoms with E-state index < -0.39 is 17.6 Å². The molecule has 0 bridgehead atoms. The van der Waals surface area contributed by atoms with E-state index in [0.717, 1.165) is 36.7 Å². The molecular formula is C25H26F2N8O3. The van der Waals surface area contributed by atoms with Gasteiger partial charge in [-0.3, -0.25) is 4.79 Å². The van der Waals surface area contributed by atoms with Crippen LogP contribution in [0.15, 0.2) is 36.7 Å². The lowest BCUT2D eigenvalue weighted by molar-refractivity contribution is -0.143. The van der Waals surface area contributed by atoms with Crippen LogP contribution >= 0.6 is 0 Å². The van der Waals surface area contributed by atoms with Crippen LogP contribution in [0.2, 0.25) is 0 Å². The van der Waals surface area contributed by atoms with Crippen molar-refractivity contribution in [3.8, 4) is 22.8 Å². The van der Waals surface area contributed by atoms with Gasteiger partial charge in [-0.1, -0.05) is 5.21 Å². The number of aromatic nitrogens is 7. The Kier molecular flexibility index (Phi) is 6.99. The third kappa shape index (κ3) is 5.45. The molecular weight excluding hydrogens is 498 g/mol. The Morgan fingerprint density at radius 3 is 2.74 bits per heavy atom. The van der Waals surface area contributed by atoms with Crippen LogP contribution in [0.3, 0.4) is 0 Å². The van der Waals surface area contributed by atoms with Crippen LogP contribution in [0.25, 0.3) is 17.1 Å². The summed E-state index contributed by atoms with van der Waals surface area (Å²) in [5, 5.41) is 25.0. The Hall–Kier alpha value is -4.42. The molecule has 3 aromatic heterocycles. The number of pyridine rings is 1. The van der Waals surface area contributed by atoms with Gasteiger partial charge in [0.15, 0.2) is 0 Å². The molecule has 4 aromatic rings. The number of rotatable bonds is 8. The second-order valence-corrected chi connectivity index (χ2v) is 9.22. The number of nitrogens with zero attached hydrogens (tertiary/aromatic N) is 7. The van der Waals surface area contributed by atoms with Crippen LogP contribution in [-0.2, 0) is 18.4 Å². The normalized spacial score (nSPS) is 17.4. The topological polar surface area (TPSA) is 133 Å². The van der Waals surface area contributed by atoms with Crippen LogP contribution in [0.4, 0.5) is 14.7 Å². The number of ether oxygens (including phenoxy) is 1. The lowest BCUT2D eigenvalue weighted by atomic mass is 9.87. The van der Waals surface area contributed by atoms with Gasteiger partial charge in [-0.2, -0.15) is 0 Å². The standard InChI is InChI=1S/C25H26F2N8O3/c1-14-22(38-19-5-3-4-15(8-19)24(36)37)7-6-20(30-14)23-21(34(2)33-31-23)12-28-25-29-13-35(32-25)18-10-16(26)9-17(27)11-18/h6-7,9-11,13,15,19H,3-5,8,12H2,1-2H3,(H,28,32)(H,36,37)/t15-,19?/m0/s1. The largest absolute Gasteiger partial charge is 0.489 e. The van der Waals surface area contributed by atoms with Crippen LogP contribution in [0.5, 0.6) is 5.75 Å². The smallest absolute Gasteiger partial charge is 0.306 e. The number of hydrogen-bond acceptors (Lipinski definition) is 8. The van der Waals surface area contributed by atoms with Crippen molar-refractivity contribution in [2.45, 2.75) is 45.3 Å². The number of anilines is 1. The van der Waals surface area contributed by atoms with E-state index >= 15 is 0 Å². The van der Waals surface area contributed by atoms with Crippen molar-refractivity contribution < 1.29 is 23.4 Å². The Bertz CT molecular complexity index is 1450. The van der Waals surface area contributed by atoms with Gasteiger partial charge in [0.2, 0.25) is 5.95 Å². The predicted molar refractivity (Wildman–Crippen MR) is 132 cm³/mol. The van der Waals surface area contributed by atoms with E-state index in [1.165, 1.54) is 11.0 Å². The Morgan fingerprint density at radius 2 is 2.00 bits per heavy atom. The molecule has 2 atom stereocenters. The zero-order valence-electron chi connectivity index (χ0n) is 20.8. The fourth-order valence-corrected chi connectivity index (χ4v) is 4.54. The summed E-state index contributed by atoms with van der Waals surface area (Å²) in [6.07, 6.45) is 3.97. The van der Waals surface area contributed by atoms with E-state index in [1.807, 2.05) is 13.0 Å². The molecule has 0 radical (unpaired) electrons. The first-order valence-electron chi connectivity index (χ1n) is 12.1. The van der Waals surface area contributed by atoms with Gasteiger partial charge < -0.3 is 15.2 Å². The summed E-state index contributed by atoms with van der Waals surface area (Å²) in [6.45, 7) is 2.09. The summed E-state index contributed by atoms with van der Waals surface area (Å²) < 4.78 is 36.1. The van der Waals surface area contributed by atoms with Gasteiger partial charge in [0, 0.05) is 13.1 Å². The van der Waals surface area contributed by atoms with Gasteiger partial charge in [0.1, 0.15) is 29.4 Å². The van der Waals surface area contributed by atoms with Crippen molar-refractivity contribution in [1.29, 1.82) is 0 Å². The number of hydrogen-bond donors (Lipinski definition) is 2. The zero-order valence-corrected chi connectivity index (χ0v) is 20.8. The van der Waals surface area contributed by atoms with Gasteiger partial charge in [-0.05, 0) is 56.9 Å². The maximum Gasteiger partial charge on any atom is 0.306 e. The second kappa shape index (κ2) is 10.5. The monoisotopic (exact) mass is 524 g/mol. The summed E-state index contributed by atoms with van der Waals surface area (Å²) in [6, 6.07) is 6.71. The predicted octanol–water partition coefficient (Wildman–Crippen LogP) is 3.68. The molecule has 1 saturated carbocycles. The number of halogens is 2. The minimum Gasteiger partial charge on any atom is -0.489 e. The zero-order chi connectivity index (χ0) is 26.8. The van der Waals surface area contributed by atoms with Crippen molar-refractivity contribution in [1.82, 2.24) is 34.7 Å². The lowest BCUT2D eigenvalue weighted by Gasteiger charge is -2.27. The van der Waals surface area contributed by atoms with Gasteiger partial charge in [0.05, 0.1) is 41.3 Å². The molecule has 3 heterocycles. The Balaban J connectivity index is 1.28. The van der Waals surface area contributed by atoms with Gasteiger partial charge in [0.25, 0.3) is 0 Å². The van der Waals surface area contributed by atoms with Gasteiger partial charge in [-0.25, -0.2) is 28.1 Å². The fourth-order valence-electron chi connectivity index (χ4n) is 4.54. The number of carboxylic acid groups (broad SMARTS) is 1. The van der Waals surface area contributed by atoms with Gasteiger partial charge >= 0.3 is 5.97 Å². The van der Waals surface area contributed by atoms with Crippen LogP contribution < -0.4 is 10.1 Å². The molecule has 198 valence electrons. The lowest BCUT2D eigenvalue weighted by Crippen LogP contribution is -2.29. The van der Waals surface area contributed by atoms with Crippen LogP contribution in [-0.4, -0.2) is 51.9 Å². The molecule has 1 aromatic carbocycles. The summed E-state index contributed by atoms with van der Waals surface area (Å²) in [4.78, 5) is 20.2. The second-order valence-electron chi connectivity index (χ2n) is 9.22. The van der Waals surface area contributed by atoms with E-state index in [0.29, 0.717) is 35.7 Å². The SMILES string of the molecule is Cc1nc(-c2nnn(C)c2CNc2ncn(-c3cc(F)cc(F)c3)n2)ccc1OC1CCC[C@H](C(=O)O)C1. The van der Waals surface area contributed by atoms with Gasteiger partial charge in [-0.15, -0.1) is 10.2 Å². The Labute approximate surface area is 216 Å². The van der Waals surface area contributed by atoms with Crippen LogP contribution in [0.1, 0.15) is 37.1 Å². The molecule has 0 amide bonds. The average molecular weight is 525 g/mol. The summed E-state index contributed by atoms with van der Waals surface area (Å²) >= 11 is 0. The van der Waals surface area contributed by atoms with Crippen molar-refractivity contribution in [3.05, 3.63) is 59.7 Å². The molecule has 2 N–H and O–H groups in total. The Morgan fingerprint density at radius 1 is 1.21 bits per heavy atom. The highest BCUT2D eigenvalue weighted by molar-refractivity contribution is 5.70. The molecule has 13 heteroatoms. The summed E-state index contributed by atoms with van der Waals surface area (Å²) in [5.74, 6) is -1.72. The number of carboxylic acids is 1. The van der Waals surface area contributed by atoms with Crippen molar-refractivity contribution in [3.63, 3.8) is 0 Å². The third-order valence-electron chi connectivity index (χ3n) is 6.51. The van der Waals surface area contributed by atoms with Crippen molar-refractivity contribution in [2.24, 2.45) is 13.0 Å². The minimum atomic E-state index is -0.780. The molecule has 1 unspecified atom stereocenters. The minimum absolute atomic E-state index is 0.163. The molecule has 0 saturated heterocycles. The number of nitrogens with one attached hydrogen (secondary N) is 1. The maximum atomic E-state index is 13.6. The first-order chi connectivity index (χ1) is 18.3. The van der Waals surface area contributed by atoms with E-state index in [9.17, 15) is 18.7 Å². The molecule has 0 spiro atoms. The van der Waals surface area contributed by atoms with E-state index in [4.69, 9.17) is 4.74 Å². The highest BCUT2D eigenvalue weighted by Gasteiger charge is 2.28. The highest BCUT2D eigenvalue weighted by Crippen LogP contribution is 2.30. The first kappa shape index (κ1) is 25.2. The quantitative estimate of drug-likeness (QED) is 0.354. The summed E-state index contributed by atoms with van der Waals surface area (Å²) in [5.41, 5.74) is 2.74. The number of aliphatic carboxylic acids is 1. The van der Waals surface area contributed by atoms with E-state index in [1.54, 1.807) is 17.8 Å². The molecule has 1 aliphatic rings. The van der Waals surface area contributed by atoms with Crippen LogP contribution in [0, 0.1) is 24.5 Å². The third-order valence-corrected chi connectivity index (χ3v) is 6.51. The average Bonchev–Trinajstić information content (AvgIpc) is 3.50. The van der Waals surface area contributed by atoms with E-state index in [-0.39, 0.29) is 30.2 Å².